The van der Waals surface area contributed by atoms with Gasteiger partial charge in [0.15, 0.2) is 0 Å². The van der Waals surface area contributed by atoms with Crippen molar-refractivity contribution in [3.8, 4) is 0 Å². The van der Waals surface area contributed by atoms with Crippen molar-refractivity contribution in [2.75, 3.05) is 131 Å². The average Bonchev–Trinajstić information content (AvgIpc) is 2.93. The third-order valence-corrected chi connectivity index (χ3v) is 4.71. The van der Waals surface area contributed by atoms with Gasteiger partial charge in [0.25, 0.3) is 0 Å². The van der Waals surface area contributed by atoms with Gasteiger partial charge in [-0.2, -0.15) is 0 Å². The Morgan fingerprint density at radius 1 is 0.487 bits per heavy atom. The Bertz CT molecular complexity index is 533. The number of aliphatic carboxylic acids is 1. The summed E-state index contributed by atoms with van der Waals surface area (Å²) < 4.78 is 48.4. The maximum absolute atomic E-state index is 11.3. The first-order valence-corrected chi connectivity index (χ1v) is 13.9. The molecule has 39 heavy (non-hydrogen) atoms. The van der Waals surface area contributed by atoms with Crippen LogP contribution in [0.15, 0.2) is 0 Å². The third kappa shape index (κ3) is 34.8. The standard InChI is InChI=1S/C25H48ClNO12/c26-4-7-32-9-11-34-13-15-36-17-19-38-21-23-39-22-20-37-18-16-35-14-12-33-10-8-31-6-1-5-27-24(28)2-3-25(29)30/h1-23H2,(H,27,28)(H,29,30). The van der Waals surface area contributed by atoms with Gasteiger partial charge in [-0.05, 0) is 6.42 Å². The van der Waals surface area contributed by atoms with Gasteiger partial charge < -0.3 is 53.1 Å². The van der Waals surface area contributed by atoms with Crippen LogP contribution in [0.4, 0.5) is 0 Å². The van der Waals surface area contributed by atoms with Crippen molar-refractivity contribution >= 4 is 23.5 Å². The minimum absolute atomic E-state index is 0.00763. The van der Waals surface area contributed by atoms with Gasteiger partial charge in [0.2, 0.25) is 5.91 Å². The van der Waals surface area contributed by atoms with Crippen LogP contribution in [0.1, 0.15) is 19.3 Å². The molecule has 0 bridgehead atoms. The highest BCUT2D eigenvalue weighted by molar-refractivity contribution is 6.17. The molecule has 0 heterocycles. The molecular weight excluding hydrogens is 542 g/mol. The summed E-state index contributed by atoms with van der Waals surface area (Å²) in [6.45, 7) is 9.41. The monoisotopic (exact) mass is 589 g/mol. The van der Waals surface area contributed by atoms with Crippen LogP contribution in [0.2, 0.25) is 0 Å². The van der Waals surface area contributed by atoms with Crippen molar-refractivity contribution in [1.29, 1.82) is 0 Å². The van der Waals surface area contributed by atoms with Gasteiger partial charge in [-0.1, -0.05) is 0 Å². The summed E-state index contributed by atoms with van der Waals surface area (Å²) in [6.07, 6.45) is 0.485. The van der Waals surface area contributed by atoms with Crippen molar-refractivity contribution < 1.29 is 57.3 Å². The zero-order valence-electron chi connectivity index (χ0n) is 23.1. The molecule has 0 aromatic heterocycles. The van der Waals surface area contributed by atoms with Gasteiger partial charge in [0.05, 0.1) is 119 Å². The fourth-order valence-corrected chi connectivity index (χ4v) is 2.74. The molecule has 0 rings (SSSR count). The Kier molecular flexibility index (Phi) is 32.1. The zero-order chi connectivity index (χ0) is 28.5. The number of carbonyl (C=O) groups is 2. The van der Waals surface area contributed by atoms with E-state index in [1.165, 1.54) is 0 Å². The molecule has 0 aliphatic carbocycles. The van der Waals surface area contributed by atoms with Crippen LogP contribution in [-0.4, -0.2) is 148 Å². The van der Waals surface area contributed by atoms with Crippen LogP contribution in [0.3, 0.4) is 0 Å². The first-order valence-electron chi connectivity index (χ1n) is 13.4. The summed E-state index contributed by atoms with van der Waals surface area (Å²) in [4.78, 5) is 21.7. The Hall–Kier alpha value is -1.13. The predicted molar refractivity (Wildman–Crippen MR) is 143 cm³/mol. The van der Waals surface area contributed by atoms with E-state index in [1.54, 1.807) is 0 Å². The van der Waals surface area contributed by atoms with Crippen LogP contribution in [0, 0.1) is 0 Å². The van der Waals surface area contributed by atoms with Crippen molar-refractivity contribution in [3.63, 3.8) is 0 Å². The third-order valence-electron chi connectivity index (χ3n) is 4.55. The molecule has 0 fully saturated rings. The second-order valence-electron chi connectivity index (χ2n) is 7.80. The molecule has 13 nitrogen and oxygen atoms in total. The second-order valence-corrected chi connectivity index (χ2v) is 8.18. The molecule has 0 aliphatic heterocycles. The van der Waals surface area contributed by atoms with E-state index in [9.17, 15) is 9.59 Å². The lowest BCUT2D eigenvalue weighted by atomic mass is 10.3. The summed E-state index contributed by atoms with van der Waals surface area (Å²) >= 11 is 5.50. The number of hydrogen-bond acceptors (Lipinski definition) is 11. The van der Waals surface area contributed by atoms with E-state index in [1.807, 2.05) is 0 Å². The topological polar surface area (TPSA) is 149 Å². The fourth-order valence-electron chi connectivity index (χ4n) is 2.63. The quantitative estimate of drug-likeness (QED) is 0.0821. The molecule has 0 aromatic rings. The molecule has 232 valence electrons. The van der Waals surface area contributed by atoms with E-state index in [0.29, 0.717) is 138 Å². The van der Waals surface area contributed by atoms with Crippen LogP contribution < -0.4 is 5.32 Å². The summed E-state index contributed by atoms with van der Waals surface area (Å²) in [5, 5.41) is 11.2. The van der Waals surface area contributed by atoms with Crippen LogP contribution >= 0.6 is 11.6 Å². The van der Waals surface area contributed by atoms with Crippen LogP contribution in [0.5, 0.6) is 0 Å². The minimum atomic E-state index is -0.981. The highest BCUT2D eigenvalue weighted by atomic mass is 35.5. The number of hydrogen-bond donors (Lipinski definition) is 2. The molecule has 0 unspecified atom stereocenters. The van der Waals surface area contributed by atoms with Crippen molar-refractivity contribution in [3.05, 3.63) is 0 Å². The SMILES string of the molecule is O=C(O)CCC(=O)NCCCOCCOCCOCCOCCOCCOCCOCCOCCOCCCl. The van der Waals surface area contributed by atoms with E-state index in [4.69, 9.17) is 59.3 Å². The Morgan fingerprint density at radius 3 is 1.10 bits per heavy atom. The van der Waals surface area contributed by atoms with Gasteiger partial charge in [-0.15, -0.1) is 11.6 Å². The molecule has 0 aromatic carbocycles. The lowest BCUT2D eigenvalue weighted by molar-refractivity contribution is -0.138. The number of rotatable bonds is 33. The number of halogens is 1. The number of nitrogens with one attached hydrogen (secondary N) is 1. The lowest BCUT2D eigenvalue weighted by Crippen LogP contribution is -2.25. The van der Waals surface area contributed by atoms with E-state index < -0.39 is 5.97 Å². The van der Waals surface area contributed by atoms with E-state index >= 15 is 0 Å². The predicted octanol–water partition coefficient (Wildman–Crippen LogP) is 0.746. The molecule has 0 atom stereocenters. The van der Waals surface area contributed by atoms with Gasteiger partial charge in [-0.25, -0.2) is 0 Å². The van der Waals surface area contributed by atoms with Crippen molar-refractivity contribution in [2.45, 2.75) is 19.3 Å². The number of alkyl halides is 1. The molecule has 14 heteroatoms. The number of ether oxygens (including phenoxy) is 9. The summed E-state index contributed by atoms with van der Waals surface area (Å²) in [5.74, 6) is -0.756. The first kappa shape index (κ1) is 37.9. The molecular formula is C25H48ClNO12. The van der Waals surface area contributed by atoms with E-state index in [-0.39, 0.29) is 18.7 Å². The lowest BCUT2D eigenvalue weighted by Gasteiger charge is -2.09. The molecule has 0 spiro atoms. The van der Waals surface area contributed by atoms with Crippen LogP contribution in [-0.2, 0) is 52.2 Å². The Balaban J connectivity index is 3.07. The molecule has 0 saturated heterocycles. The van der Waals surface area contributed by atoms with E-state index in [2.05, 4.69) is 5.32 Å². The number of carboxylic acid groups (broad SMARTS) is 1. The summed E-state index contributed by atoms with van der Waals surface area (Å²) in [5.41, 5.74) is 0. The van der Waals surface area contributed by atoms with Gasteiger partial charge in [0, 0.05) is 25.5 Å². The van der Waals surface area contributed by atoms with E-state index in [0.717, 1.165) is 0 Å². The Morgan fingerprint density at radius 2 is 0.795 bits per heavy atom. The molecule has 0 radical (unpaired) electrons. The normalized spacial score (nSPS) is 11.2. The largest absolute Gasteiger partial charge is 0.481 e. The molecule has 0 saturated carbocycles. The number of carboxylic acids is 1. The van der Waals surface area contributed by atoms with Gasteiger partial charge >= 0.3 is 5.97 Å². The first-order chi connectivity index (χ1) is 19.2. The average molecular weight is 590 g/mol. The molecule has 2 N–H and O–H groups in total. The second kappa shape index (κ2) is 33.1. The zero-order valence-corrected chi connectivity index (χ0v) is 23.8. The Labute approximate surface area is 236 Å². The summed E-state index contributed by atoms with van der Waals surface area (Å²) in [7, 11) is 0. The van der Waals surface area contributed by atoms with Gasteiger partial charge in [0.1, 0.15) is 0 Å². The van der Waals surface area contributed by atoms with Gasteiger partial charge in [-0.3, -0.25) is 9.59 Å². The molecule has 0 aliphatic rings. The maximum Gasteiger partial charge on any atom is 0.303 e. The number of carbonyl (C=O) groups excluding carboxylic acids is 1. The molecule has 1 amide bonds. The minimum Gasteiger partial charge on any atom is -0.481 e. The van der Waals surface area contributed by atoms with Crippen molar-refractivity contribution in [1.82, 2.24) is 5.32 Å². The number of amides is 1. The van der Waals surface area contributed by atoms with Crippen LogP contribution in [0.25, 0.3) is 0 Å². The highest BCUT2D eigenvalue weighted by Gasteiger charge is 2.04. The maximum atomic E-state index is 11.3. The highest BCUT2D eigenvalue weighted by Crippen LogP contribution is 1.90. The smallest absolute Gasteiger partial charge is 0.303 e. The summed E-state index contributed by atoms with van der Waals surface area (Å²) in [6, 6.07) is 0. The fraction of sp³-hybridized carbons (Fsp3) is 0.920. The van der Waals surface area contributed by atoms with Crippen molar-refractivity contribution in [2.24, 2.45) is 0 Å².